The summed E-state index contributed by atoms with van der Waals surface area (Å²) in [7, 11) is 4.31. The van der Waals surface area contributed by atoms with Crippen molar-refractivity contribution in [3.63, 3.8) is 0 Å². The third-order valence-electron chi connectivity index (χ3n) is 5.35. The van der Waals surface area contributed by atoms with E-state index in [-0.39, 0.29) is 13.0 Å². The minimum absolute atomic E-state index is 0.0534. The highest BCUT2D eigenvalue weighted by atomic mass is 16.6. The molecule has 0 saturated carbocycles. The topological polar surface area (TPSA) is 99.4 Å². The summed E-state index contributed by atoms with van der Waals surface area (Å²) in [4.78, 5) is 16.6. The van der Waals surface area contributed by atoms with Crippen LogP contribution in [-0.4, -0.2) is 39.6 Å². The monoisotopic (exact) mass is 488 g/mol. The predicted molar refractivity (Wildman–Crippen MR) is 134 cm³/mol. The number of rotatable bonds is 12. The maximum Gasteiger partial charge on any atom is 0.307 e. The van der Waals surface area contributed by atoms with Crippen molar-refractivity contribution in [2.45, 2.75) is 18.9 Å². The lowest BCUT2D eigenvalue weighted by atomic mass is 9.96. The standard InChI is InChI=1S/C28H28N2O6/c1-32-27-16-24(13-14-25(27)22(17-29)15-28(31)33-2)35-18-20-9-11-23(12-10-20)36-19-26(30-34-3)21-7-5-4-6-8-21/h4-14,16,22H,15,18-19H2,1-3H3/b30-26+. The molecule has 0 bridgehead atoms. The Morgan fingerprint density at radius 2 is 1.67 bits per heavy atom. The van der Waals surface area contributed by atoms with Gasteiger partial charge >= 0.3 is 5.97 Å². The maximum atomic E-state index is 11.6. The van der Waals surface area contributed by atoms with E-state index < -0.39 is 11.9 Å². The fourth-order valence-electron chi connectivity index (χ4n) is 3.45. The second kappa shape index (κ2) is 13.4. The van der Waals surface area contributed by atoms with Gasteiger partial charge in [-0.3, -0.25) is 4.79 Å². The molecule has 8 nitrogen and oxygen atoms in total. The van der Waals surface area contributed by atoms with Crippen molar-refractivity contribution in [2.75, 3.05) is 27.9 Å². The number of carbonyl (C=O) groups excluding carboxylic acids is 1. The van der Waals surface area contributed by atoms with Gasteiger partial charge in [-0.1, -0.05) is 53.7 Å². The van der Waals surface area contributed by atoms with E-state index in [0.29, 0.717) is 35.1 Å². The zero-order chi connectivity index (χ0) is 25.8. The summed E-state index contributed by atoms with van der Waals surface area (Å²) in [5, 5.41) is 13.5. The van der Waals surface area contributed by atoms with Crippen LogP contribution in [0.5, 0.6) is 17.2 Å². The first-order chi connectivity index (χ1) is 17.6. The van der Waals surface area contributed by atoms with Crippen LogP contribution in [0.2, 0.25) is 0 Å². The van der Waals surface area contributed by atoms with Crippen LogP contribution in [0.15, 0.2) is 78.0 Å². The van der Waals surface area contributed by atoms with Crippen LogP contribution in [0, 0.1) is 11.3 Å². The van der Waals surface area contributed by atoms with Gasteiger partial charge in [0.1, 0.15) is 43.3 Å². The molecule has 0 spiro atoms. The molecule has 0 radical (unpaired) electrons. The Labute approximate surface area is 210 Å². The third kappa shape index (κ3) is 7.24. The Hall–Kier alpha value is -4.51. The second-order valence-corrected chi connectivity index (χ2v) is 7.67. The molecular formula is C28H28N2O6. The SMILES string of the molecule is CO/N=C(\COc1ccc(COc2ccc(C(C#N)CC(=O)OC)c(OC)c2)cc1)c1ccccc1. The summed E-state index contributed by atoms with van der Waals surface area (Å²) in [5.74, 6) is 0.606. The van der Waals surface area contributed by atoms with Crippen LogP contribution >= 0.6 is 0 Å². The molecule has 0 aliphatic rings. The molecule has 8 heteroatoms. The molecule has 0 saturated heterocycles. The molecule has 0 heterocycles. The molecule has 0 aromatic heterocycles. The largest absolute Gasteiger partial charge is 0.496 e. The smallest absolute Gasteiger partial charge is 0.307 e. The number of esters is 1. The first-order valence-corrected chi connectivity index (χ1v) is 11.2. The second-order valence-electron chi connectivity index (χ2n) is 7.67. The lowest BCUT2D eigenvalue weighted by molar-refractivity contribution is -0.140. The Morgan fingerprint density at radius 3 is 2.31 bits per heavy atom. The molecule has 3 aromatic carbocycles. The van der Waals surface area contributed by atoms with Gasteiger partial charge in [-0.15, -0.1) is 0 Å². The lowest BCUT2D eigenvalue weighted by Gasteiger charge is -2.15. The van der Waals surface area contributed by atoms with Crippen LogP contribution in [-0.2, 0) is 21.0 Å². The Morgan fingerprint density at radius 1 is 0.944 bits per heavy atom. The molecule has 36 heavy (non-hydrogen) atoms. The maximum absolute atomic E-state index is 11.6. The van der Waals surface area contributed by atoms with Gasteiger partial charge in [-0.2, -0.15) is 5.26 Å². The fraction of sp³-hybridized carbons (Fsp3) is 0.250. The molecule has 3 aromatic rings. The van der Waals surface area contributed by atoms with Gasteiger partial charge < -0.3 is 23.8 Å². The first-order valence-electron chi connectivity index (χ1n) is 11.2. The zero-order valence-electron chi connectivity index (χ0n) is 20.5. The van der Waals surface area contributed by atoms with Crippen molar-refractivity contribution in [1.29, 1.82) is 5.26 Å². The molecular weight excluding hydrogens is 460 g/mol. The molecule has 1 unspecified atom stereocenters. The van der Waals surface area contributed by atoms with E-state index in [2.05, 4.69) is 16.0 Å². The molecule has 0 aliphatic heterocycles. The number of nitriles is 1. The third-order valence-corrected chi connectivity index (χ3v) is 5.35. The zero-order valence-corrected chi connectivity index (χ0v) is 20.5. The van der Waals surface area contributed by atoms with Crippen LogP contribution in [0.25, 0.3) is 0 Å². The summed E-state index contributed by atoms with van der Waals surface area (Å²) >= 11 is 0. The summed E-state index contributed by atoms with van der Waals surface area (Å²) < 4.78 is 21.9. The molecule has 0 N–H and O–H groups in total. The van der Waals surface area contributed by atoms with Gasteiger partial charge in [0.05, 0.1) is 32.6 Å². The van der Waals surface area contributed by atoms with E-state index in [4.69, 9.17) is 19.0 Å². The van der Waals surface area contributed by atoms with Crippen molar-refractivity contribution in [2.24, 2.45) is 5.16 Å². The normalized spacial score (nSPS) is 11.7. The van der Waals surface area contributed by atoms with Gasteiger partial charge in [0, 0.05) is 17.2 Å². The average molecular weight is 489 g/mol. The number of ether oxygens (including phenoxy) is 4. The molecule has 0 amide bonds. The van der Waals surface area contributed by atoms with Crippen molar-refractivity contribution in [3.05, 3.63) is 89.5 Å². The molecule has 0 aliphatic carbocycles. The number of carbonyl (C=O) groups is 1. The van der Waals surface area contributed by atoms with Crippen molar-refractivity contribution < 1.29 is 28.6 Å². The van der Waals surface area contributed by atoms with Crippen molar-refractivity contribution >= 4 is 11.7 Å². The summed E-state index contributed by atoms with van der Waals surface area (Å²) in [6, 6.07) is 24.6. The van der Waals surface area contributed by atoms with Gasteiger partial charge in [-0.05, 0) is 23.8 Å². The van der Waals surface area contributed by atoms with Crippen LogP contribution in [0.1, 0.15) is 29.0 Å². The number of benzene rings is 3. The molecule has 1 atom stereocenters. The lowest BCUT2D eigenvalue weighted by Crippen LogP contribution is -2.13. The first kappa shape index (κ1) is 26.1. The van der Waals surface area contributed by atoms with Crippen molar-refractivity contribution in [3.8, 4) is 23.3 Å². The number of methoxy groups -OCH3 is 2. The fourth-order valence-corrected chi connectivity index (χ4v) is 3.45. The number of nitrogens with zero attached hydrogens (tertiary/aromatic N) is 2. The van der Waals surface area contributed by atoms with Crippen LogP contribution in [0.4, 0.5) is 0 Å². The van der Waals surface area contributed by atoms with E-state index in [0.717, 1.165) is 11.1 Å². The summed E-state index contributed by atoms with van der Waals surface area (Å²) in [5.41, 5.74) is 3.16. The van der Waals surface area contributed by atoms with E-state index in [1.165, 1.54) is 21.3 Å². The summed E-state index contributed by atoms with van der Waals surface area (Å²) in [6.07, 6.45) is -0.0534. The number of hydrogen-bond acceptors (Lipinski definition) is 8. The Balaban J connectivity index is 1.59. The highest BCUT2D eigenvalue weighted by molar-refractivity contribution is 6.01. The van der Waals surface area contributed by atoms with Gasteiger partial charge in [0.15, 0.2) is 0 Å². The van der Waals surface area contributed by atoms with Gasteiger partial charge in [0.2, 0.25) is 0 Å². The van der Waals surface area contributed by atoms with Gasteiger partial charge in [-0.25, -0.2) is 0 Å². The van der Waals surface area contributed by atoms with Gasteiger partial charge in [0.25, 0.3) is 0 Å². The van der Waals surface area contributed by atoms with E-state index in [1.54, 1.807) is 18.2 Å². The molecule has 3 rings (SSSR count). The van der Waals surface area contributed by atoms with Crippen LogP contribution < -0.4 is 14.2 Å². The number of oxime groups is 1. The van der Waals surface area contributed by atoms with Crippen molar-refractivity contribution in [1.82, 2.24) is 0 Å². The van der Waals surface area contributed by atoms with Crippen LogP contribution in [0.3, 0.4) is 0 Å². The predicted octanol–water partition coefficient (Wildman–Crippen LogP) is 4.87. The Kier molecular flexibility index (Phi) is 9.71. The quantitative estimate of drug-likeness (QED) is 0.204. The van der Waals surface area contributed by atoms with E-state index in [9.17, 15) is 10.1 Å². The summed E-state index contributed by atoms with van der Waals surface area (Å²) in [6.45, 7) is 0.590. The molecule has 186 valence electrons. The molecule has 0 fully saturated rings. The van der Waals surface area contributed by atoms with E-state index in [1.807, 2.05) is 54.6 Å². The number of hydrogen-bond donors (Lipinski definition) is 0. The average Bonchev–Trinajstić information content (AvgIpc) is 2.93. The Bertz CT molecular complexity index is 1200. The highest BCUT2D eigenvalue weighted by Gasteiger charge is 2.20. The highest BCUT2D eigenvalue weighted by Crippen LogP contribution is 2.32. The minimum Gasteiger partial charge on any atom is -0.496 e. The minimum atomic E-state index is -0.676. The van der Waals surface area contributed by atoms with E-state index >= 15 is 0 Å².